The van der Waals surface area contributed by atoms with Gasteiger partial charge in [-0.25, -0.2) is 0 Å². The van der Waals surface area contributed by atoms with Crippen molar-refractivity contribution in [3.8, 4) is 0 Å². The van der Waals surface area contributed by atoms with Crippen LogP contribution in [0.3, 0.4) is 0 Å². The predicted molar refractivity (Wildman–Crippen MR) is 78.1 cm³/mol. The Bertz CT molecular complexity index is 429. The molecule has 4 heteroatoms. The Hall–Kier alpha value is -1.42. The first-order chi connectivity index (χ1) is 9.58. The number of ether oxygens (including phenoxy) is 1. The maximum Gasteiger partial charge on any atom is 0.251 e. The number of amides is 1. The Labute approximate surface area is 121 Å². The summed E-state index contributed by atoms with van der Waals surface area (Å²) in [5, 5.41) is 0. The van der Waals surface area contributed by atoms with Crippen LogP contribution in [0.25, 0.3) is 0 Å². The molecule has 1 aliphatic rings. The van der Waals surface area contributed by atoms with E-state index in [1.165, 1.54) is 0 Å². The third-order valence-electron chi connectivity index (χ3n) is 3.37. The second kappa shape index (κ2) is 6.84. The van der Waals surface area contributed by atoms with E-state index in [0.717, 1.165) is 18.4 Å². The monoisotopic (exact) mass is 276 g/mol. The lowest BCUT2D eigenvalue weighted by Crippen LogP contribution is -2.40. The van der Waals surface area contributed by atoms with E-state index in [2.05, 4.69) is 18.8 Å². The summed E-state index contributed by atoms with van der Waals surface area (Å²) in [6.45, 7) is 7.28. The van der Waals surface area contributed by atoms with E-state index in [0.29, 0.717) is 25.1 Å². The lowest BCUT2D eigenvalue weighted by molar-refractivity contribution is -0.144. The van der Waals surface area contributed by atoms with Gasteiger partial charge in [0.05, 0.1) is 0 Å². The normalized spacial score (nSPS) is 16.2. The maximum absolute atomic E-state index is 12.5. The van der Waals surface area contributed by atoms with Crippen LogP contribution >= 0.6 is 0 Å². The summed E-state index contributed by atoms with van der Waals surface area (Å²) in [6, 6.07) is 4.30. The molecule has 0 saturated heterocycles. The van der Waals surface area contributed by atoms with Gasteiger partial charge >= 0.3 is 0 Å². The quantitative estimate of drug-likeness (QED) is 0.769. The third-order valence-corrected chi connectivity index (χ3v) is 3.37. The maximum atomic E-state index is 12.5. The van der Waals surface area contributed by atoms with Crippen LogP contribution in [0.5, 0.6) is 0 Å². The fourth-order valence-corrected chi connectivity index (χ4v) is 2.10. The van der Waals surface area contributed by atoms with Crippen molar-refractivity contribution < 1.29 is 9.53 Å². The van der Waals surface area contributed by atoms with Crippen molar-refractivity contribution in [2.75, 3.05) is 6.61 Å². The number of hydrogen-bond donors (Lipinski definition) is 0. The fraction of sp³-hybridized carbons (Fsp3) is 0.625. The number of carbonyl (C=O) groups is 1. The van der Waals surface area contributed by atoms with Crippen molar-refractivity contribution in [1.82, 2.24) is 9.88 Å². The average Bonchev–Trinajstić information content (AvgIpc) is 3.27. The molecule has 4 nitrogen and oxygen atoms in total. The highest BCUT2D eigenvalue weighted by atomic mass is 16.5. The molecular weight excluding hydrogens is 252 g/mol. The summed E-state index contributed by atoms with van der Waals surface area (Å²) >= 11 is 0. The summed E-state index contributed by atoms with van der Waals surface area (Å²) in [6.07, 6.45) is 5.41. The zero-order valence-corrected chi connectivity index (χ0v) is 12.6. The number of aromatic nitrogens is 1. The molecule has 2 rings (SSSR count). The second-order valence-electron chi connectivity index (χ2n) is 5.93. The van der Waals surface area contributed by atoms with Gasteiger partial charge in [-0.05, 0) is 37.3 Å². The molecule has 1 aromatic heterocycles. The SMILES string of the molecule is CC(C)COC(C)C(=O)N(Cc1cccnc1)C1CC1. The second-order valence-corrected chi connectivity index (χ2v) is 5.93. The van der Waals surface area contributed by atoms with E-state index in [1.54, 1.807) is 6.20 Å². The summed E-state index contributed by atoms with van der Waals surface area (Å²) in [7, 11) is 0. The zero-order valence-electron chi connectivity index (χ0n) is 12.6. The number of pyridine rings is 1. The van der Waals surface area contributed by atoms with Gasteiger partial charge in [0, 0.05) is 31.6 Å². The molecular formula is C16H24N2O2. The van der Waals surface area contributed by atoms with E-state index < -0.39 is 0 Å². The number of carbonyl (C=O) groups excluding carboxylic acids is 1. The highest BCUT2D eigenvalue weighted by molar-refractivity contribution is 5.81. The van der Waals surface area contributed by atoms with Crippen molar-refractivity contribution in [3.05, 3.63) is 30.1 Å². The number of hydrogen-bond acceptors (Lipinski definition) is 3. The van der Waals surface area contributed by atoms with Crippen LogP contribution in [0.2, 0.25) is 0 Å². The van der Waals surface area contributed by atoms with Gasteiger partial charge in [0.25, 0.3) is 5.91 Å². The molecule has 0 N–H and O–H groups in total. The molecule has 0 radical (unpaired) electrons. The third kappa shape index (κ3) is 4.30. The van der Waals surface area contributed by atoms with Gasteiger partial charge in [0.1, 0.15) is 6.10 Å². The van der Waals surface area contributed by atoms with Gasteiger partial charge in [-0.2, -0.15) is 0 Å². The van der Waals surface area contributed by atoms with E-state index in [-0.39, 0.29) is 12.0 Å². The Morgan fingerprint density at radius 3 is 2.75 bits per heavy atom. The van der Waals surface area contributed by atoms with Gasteiger partial charge in [0.15, 0.2) is 0 Å². The summed E-state index contributed by atoms with van der Waals surface area (Å²) in [5.74, 6) is 0.537. The molecule has 1 atom stereocenters. The van der Waals surface area contributed by atoms with Crippen molar-refractivity contribution in [2.24, 2.45) is 5.92 Å². The summed E-state index contributed by atoms with van der Waals surface area (Å²) < 4.78 is 5.65. The van der Waals surface area contributed by atoms with Crippen LogP contribution < -0.4 is 0 Å². The molecule has 1 aromatic rings. The van der Waals surface area contributed by atoms with Crippen LogP contribution in [0, 0.1) is 5.92 Å². The molecule has 1 saturated carbocycles. The molecule has 0 spiro atoms. The Kier molecular flexibility index (Phi) is 5.12. The minimum atomic E-state index is -0.366. The Morgan fingerprint density at radius 1 is 1.45 bits per heavy atom. The van der Waals surface area contributed by atoms with Gasteiger partial charge in [-0.1, -0.05) is 19.9 Å². The molecule has 1 fully saturated rings. The minimum Gasteiger partial charge on any atom is -0.368 e. The number of rotatable bonds is 7. The molecule has 0 aromatic carbocycles. The summed E-state index contributed by atoms with van der Waals surface area (Å²) in [5.41, 5.74) is 1.07. The highest BCUT2D eigenvalue weighted by Gasteiger charge is 2.34. The van der Waals surface area contributed by atoms with Crippen molar-refractivity contribution in [2.45, 2.75) is 52.3 Å². The van der Waals surface area contributed by atoms with Crippen LogP contribution in [0.15, 0.2) is 24.5 Å². The molecule has 1 heterocycles. The Morgan fingerprint density at radius 2 is 2.20 bits per heavy atom. The van der Waals surface area contributed by atoms with E-state index in [4.69, 9.17) is 4.74 Å². The predicted octanol–water partition coefficient (Wildman–Crippen LogP) is 2.63. The van der Waals surface area contributed by atoms with Crippen LogP contribution in [0.4, 0.5) is 0 Å². The van der Waals surface area contributed by atoms with Gasteiger partial charge in [0.2, 0.25) is 0 Å². The first-order valence-corrected chi connectivity index (χ1v) is 7.39. The Balaban J connectivity index is 1.96. The minimum absolute atomic E-state index is 0.0944. The molecule has 0 aliphatic heterocycles. The smallest absolute Gasteiger partial charge is 0.251 e. The highest BCUT2D eigenvalue weighted by Crippen LogP contribution is 2.29. The molecule has 110 valence electrons. The van der Waals surface area contributed by atoms with E-state index in [9.17, 15) is 4.79 Å². The lowest BCUT2D eigenvalue weighted by atomic mass is 10.2. The van der Waals surface area contributed by atoms with Crippen molar-refractivity contribution >= 4 is 5.91 Å². The fourth-order valence-electron chi connectivity index (χ4n) is 2.10. The lowest BCUT2D eigenvalue weighted by Gasteiger charge is -2.26. The molecule has 1 amide bonds. The van der Waals surface area contributed by atoms with Crippen molar-refractivity contribution in [1.29, 1.82) is 0 Å². The molecule has 1 unspecified atom stereocenters. The summed E-state index contributed by atoms with van der Waals surface area (Å²) in [4.78, 5) is 18.6. The topological polar surface area (TPSA) is 42.4 Å². The van der Waals surface area contributed by atoms with E-state index in [1.807, 2.05) is 30.2 Å². The first-order valence-electron chi connectivity index (χ1n) is 7.39. The molecule has 20 heavy (non-hydrogen) atoms. The standard InChI is InChI=1S/C16H24N2O2/c1-12(2)11-20-13(3)16(19)18(15-6-7-15)10-14-5-4-8-17-9-14/h4-5,8-9,12-13,15H,6-7,10-11H2,1-3H3. The van der Waals surface area contributed by atoms with Crippen LogP contribution in [0.1, 0.15) is 39.2 Å². The molecule has 0 bridgehead atoms. The van der Waals surface area contributed by atoms with Gasteiger partial charge in [-0.3, -0.25) is 9.78 Å². The number of nitrogens with zero attached hydrogens (tertiary/aromatic N) is 2. The van der Waals surface area contributed by atoms with E-state index >= 15 is 0 Å². The zero-order chi connectivity index (χ0) is 14.5. The largest absolute Gasteiger partial charge is 0.368 e. The first kappa shape index (κ1) is 15.0. The van der Waals surface area contributed by atoms with Crippen molar-refractivity contribution in [3.63, 3.8) is 0 Å². The average molecular weight is 276 g/mol. The van der Waals surface area contributed by atoms with Gasteiger partial charge in [-0.15, -0.1) is 0 Å². The van der Waals surface area contributed by atoms with Crippen LogP contribution in [-0.2, 0) is 16.1 Å². The van der Waals surface area contributed by atoms with Crippen LogP contribution in [-0.4, -0.2) is 34.5 Å². The van der Waals surface area contributed by atoms with Gasteiger partial charge < -0.3 is 9.64 Å². The molecule has 1 aliphatic carbocycles.